The third-order valence-corrected chi connectivity index (χ3v) is 3.34. The molecule has 0 spiro atoms. The van der Waals surface area contributed by atoms with Gasteiger partial charge in [0.25, 0.3) is 0 Å². The van der Waals surface area contributed by atoms with Gasteiger partial charge >= 0.3 is 8.80 Å². The van der Waals surface area contributed by atoms with Crippen LogP contribution in [0.15, 0.2) is 0 Å². The first-order valence-electron chi connectivity index (χ1n) is 3.36. The molecule has 1 N–H and O–H groups in total. The molecule has 5 heteroatoms. The Bertz CT molecular complexity index is 66.7. The Hall–Kier alpha value is 0.0569. The summed E-state index contributed by atoms with van der Waals surface area (Å²) < 4.78 is 14.8. The summed E-state index contributed by atoms with van der Waals surface area (Å²) in [4.78, 5) is 0. The van der Waals surface area contributed by atoms with Crippen LogP contribution in [0.3, 0.4) is 0 Å². The lowest BCUT2D eigenvalue weighted by Crippen LogP contribution is -2.38. The molecular formula is C6H18O4Si. The Morgan fingerprint density at radius 1 is 1.09 bits per heavy atom. The van der Waals surface area contributed by atoms with Gasteiger partial charge in [0.1, 0.15) is 0 Å². The highest BCUT2D eigenvalue weighted by Crippen LogP contribution is 2.02. The van der Waals surface area contributed by atoms with E-state index in [1.165, 1.54) is 0 Å². The van der Waals surface area contributed by atoms with E-state index in [4.69, 9.17) is 18.4 Å². The number of hydrogen-bond donors (Lipinski definition) is 1. The van der Waals surface area contributed by atoms with Crippen molar-refractivity contribution in [3.63, 3.8) is 0 Å². The van der Waals surface area contributed by atoms with Crippen LogP contribution in [0.25, 0.3) is 0 Å². The molecule has 0 saturated heterocycles. The van der Waals surface area contributed by atoms with Gasteiger partial charge in [-0.2, -0.15) is 0 Å². The molecule has 0 radical (unpaired) electrons. The normalized spacial score (nSPS) is 10.4. The molecule has 0 amide bonds. The van der Waals surface area contributed by atoms with Gasteiger partial charge in [-0.05, 0) is 6.92 Å². The quantitative estimate of drug-likeness (QED) is 0.645. The summed E-state index contributed by atoms with van der Waals surface area (Å²) in [5.41, 5.74) is 0. The van der Waals surface area contributed by atoms with Gasteiger partial charge in [-0.1, -0.05) is 0 Å². The summed E-state index contributed by atoms with van der Waals surface area (Å²) >= 11 is 0. The Morgan fingerprint density at radius 2 is 1.27 bits per heavy atom. The molecule has 0 aromatic carbocycles. The van der Waals surface area contributed by atoms with Crippen molar-refractivity contribution in [2.45, 2.75) is 13.5 Å². The van der Waals surface area contributed by atoms with Crippen molar-refractivity contribution in [1.82, 2.24) is 0 Å². The van der Waals surface area contributed by atoms with E-state index in [0.29, 0.717) is 0 Å². The number of aliphatic hydroxyl groups is 1. The molecule has 11 heavy (non-hydrogen) atoms. The average Bonchev–Trinajstić information content (AvgIpc) is 2.05. The van der Waals surface area contributed by atoms with E-state index in [1.54, 1.807) is 28.3 Å². The summed E-state index contributed by atoms with van der Waals surface area (Å²) in [6.07, 6.45) is 0. The van der Waals surface area contributed by atoms with Crippen LogP contribution in [0.2, 0.25) is 6.55 Å². The molecule has 0 aliphatic carbocycles. The van der Waals surface area contributed by atoms with Gasteiger partial charge in [0.05, 0.1) is 0 Å². The molecule has 0 fully saturated rings. The fourth-order valence-corrected chi connectivity index (χ4v) is 0.750. The highest BCUT2D eigenvalue weighted by Gasteiger charge is 2.29. The lowest BCUT2D eigenvalue weighted by atomic mass is 10.9. The lowest BCUT2D eigenvalue weighted by Gasteiger charge is -2.18. The maximum Gasteiger partial charge on any atom is 0.496 e. The summed E-state index contributed by atoms with van der Waals surface area (Å²) in [5, 5.41) is 7.57. The molecule has 0 atom stereocenters. The number of hydrogen-bond acceptors (Lipinski definition) is 4. The first-order chi connectivity index (χ1) is 5.10. The zero-order chi connectivity index (χ0) is 9.33. The fraction of sp³-hybridized carbons (Fsp3) is 1.00. The second-order valence-corrected chi connectivity index (χ2v) is 4.74. The minimum atomic E-state index is -2.17. The minimum Gasteiger partial charge on any atom is -0.397 e. The SMILES string of the molecule is CCO.CO[Si](C)(OC)OC. The molecule has 4 nitrogen and oxygen atoms in total. The molecule has 0 aliphatic heterocycles. The Kier molecular flexibility index (Phi) is 10.1. The largest absolute Gasteiger partial charge is 0.496 e. The van der Waals surface area contributed by atoms with E-state index in [1.807, 2.05) is 6.55 Å². The van der Waals surface area contributed by atoms with Crippen molar-refractivity contribution in [3.05, 3.63) is 0 Å². The first kappa shape index (κ1) is 13.6. The Labute approximate surface area is 69.5 Å². The summed E-state index contributed by atoms with van der Waals surface area (Å²) in [6, 6.07) is 0. The summed E-state index contributed by atoms with van der Waals surface area (Å²) in [6.45, 7) is 3.76. The van der Waals surface area contributed by atoms with Crippen LogP contribution >= 0.6 is 0 Å². The number of aliphatic hydroxyl groups excluding tert-OH is 1. The van der Waals surface area contributed by atoms with Crippen LogP contribution in [0.5, 0.6) is 0 Å². The average molecular weight is 182 g/mol. The van der Waals surface area contributed by atoms with Crippen molar-refractivity contribution in [1.29, 1.82) is 0 Å². The van der Waals surface area contributed by atoms with Crippen molar-refractivity contribution in [2.75, 3.05) is 27.9 Å². The molecule has 0 heterocycles. The molecule has 0 saturated carbocycles. The van der Waals surface area contributed by atoms with Crippen LogP contribution < -0.4 is 0 Å². The van der Waals surface area contributed by atoms with E-state index >= 15 is 0 Å². The second-order valence-electron chi connectivity index (χ2n) is 1.79. The van der Waals surface area contributed by atoms with Crippen molar-refractivity contribution >= 4 is 8.80 Å². The van der Waals surface area contributed by atoms with Crippen LogP contribution in [-0.4, -0.2) is 41.8 Å². The van der Waals surface area contributed by atoms with Crippen molar-refractivity contribution < 1.29 is 18.4 Å². The van der Waals surface area contributed by atoms with Crippen LogP contribution in [0, 0.1) is 0 Å². The fourth-order valence-electron chi connectivity index (χ4n) is 0.250. The van der Waals surface area contributed by atoms with Gasteiger partial charge in [-0.3, -0.25) is 0 Å². The van der Waals surface area contributed by atoms with E-state index in [2.05, 4.69) is 0 Å². The van der Waals surface area contributed by atoms with E-state index in [9.17, 15) is 0 Å². The summed E-state index contributed by atoms with van der Waals surface area (Å²) in [5.74, 6) is 0. The van der Waals surface area contributed by atoms with Gasteiger partial charge < -0.3 is 18.4 Å². The second kappa shape index (κ2) is 8.16. The molecule has 0 rings (SSSR count). The highest BCUT2D eigenvalue weighted by molar-refractivity contribution is 6.58. The predicted octanol–water partition coefficient (Wildman–Crippen LogP) is 0.493. The molecule has 0 aromatic rings. The molecule has 0 bridgehead atoms. The maximum absolute atomic E-state index is 7.57. The van der Waals surface area contributed by atoms with E-state index < -0.39 is 8.80 Å². The number of rotatable bonds is 3. The zero-order valence-electron chi connectivity index (χ0n) is 7.88. The van der Waals surface area contributed by atoms with Gasteiger partial charge in [0.15, 0.2) is 0 Å². The van der Waals surface area contributed by atoms with Gasteiger partial charge in [0, 0.05) is 34.5 Å². The lowest BCUT2D eigenvalue weighted by molar-refractivity contribution is 0.132. The standard InChI is InChI=1S/C4H12O3Si.C2H6O/c1-5-8(4,6-2)7-3;1-2-3/h1-4H3;3H,2H2,1H3. The topological polar surface area (TPSA) is 47.9 Å². The predicted molar refractivity (Wildman–Crippen MR) is 45.4 cm³/mol. The zero-order valence-corrected chi connectivity index (χ0v) is 8.88. The molecule has 0 aromatic heterocycles. The van der Waals surface area contributed by atoms with Crippen LogP contribution in [0.1, 0.15) is 6.92 Å². The third-order valence-electron chi connectivity index (χ3n) is 1.11. The molecular weight excluding hydrogens is 164 g/mol. The van der Waals surface area contributed by atoms with Crippen LogP contribution in [0.4, 0.5) is 0 Å². The molecule has 0 unspecified atom stereocenters. The third kappa shape index (κ3) is 7.96. The molecule has 0 aliphatic rings. The van der Waals surface area contributed by atoms with Crippen molar-refractivity contribution in [2.24, 2.45) is 0 Å². The minimum absolute atomic E-state index is 0.250. The summed E-state index contributed by atoms with van der Waals surface area (Å²) in [7, 11) is 2.58. The first-order valence-corrected chi connectivity index (χ1v) is 5.59. The Balaban J connectivity index is 0. The van der Waals surface area contributed by atoms with E-state index in [-0.39, 0.29) is 6.61 Å². The van der Waals surface area contributed by atoms with Crippen molar-refractivity contribution in [3.8, 4) is 0 Å². The maximum atomic E-state index is 7.57. The van der Waals surface area contributed by atoms with Gasteiger partial charge in [0.2, 0.25) is 0 Å². The van der Waals surface area contributed by atoms with Gasteiger partial charge in [-0.15, -0.1) is 0 Å². The van der Waals surface area contributed by atoms with Gasteiger partial charge in [-0.25, -0.2) is 0 Å². The Morgan fingerprint density at radius 3 is 1.27 bits per heavy atom. The monoisotopic (exact) mass is 182 g/mol. The molecule has 70 valence electrons. The van der Waals surface area contributed by atoms with Crippen LogP contribution in [-0.2, 0) is 13.3 Å². The highest BCUT2D eigenvalue weighted by atomic mass is 28.4. The smallest absolute Gasteiger partial charge is 0.397 e. The van der Waals surface area contributed by atoms with E-state index in [0.717, 1.165) is 0 Å².